The highest BCUT2D eigenvalue weighted by Gasteiger charge is 2.40. The second-order valence-corrected chi connectivity index (χ2v) is 12.3. The number of aliphatic hydroxyl groups excluding tert-OH is 3. The minimum Gasteiger partial charge on any atom is -0.497 e. The van der Waals surface area contributed by atoms with Crippen molar-refractivity contribution >= 4 is 34.4 Å². The molecule has 0 saturated heterocycles. The molecule has 45 heavy (non-hydrogen) atoms. The van der Waals surface area contributed by atoms with Gasteiger partial charge in [0.1, 0.15) is 18.0 Å². The summed E-state index contributed by atoms with van der Waals surface area (Å²) in [5.74, 6) is 0.962. The van der Waals surface area contributed by atoms with E-state index in [1.54, 1.807) is 30.2 Å². The lowest BCUT2D eigenvalue weighted by Crippen LogP contribution is -2.55. The van der Waals surface area contributed by atoms with Crippen molar-refractivity contribution in [2.75, 3.05) is 33.9 Å². The number of carbonyl (C=O) groups excluding carboxylic acids is 2. The van der Waals surface area contributed by atoms with Crippen molar-refractivity contribution in [1.82, 2.24) is 10.2 Å². The molecule has 3 atom stereocenters. The van der Waals surface area contributed by atoms with E-state index < -0.39 is 24.2 Å². The second kappa shape index (κ2) is 18.9. The summed E-state index contributed by atoms with van der Waals surface area (Å²) in [5.41, 5.74) is 1.97. The van der Waals surface area contributed by atoms with Gasteiger partial charge in [-0.25, -0.2) is 0 Å². The van der Waals surface area contributed by atoms with Gasteiger partial charge in [0, 0.05) is 31.5 Å². The van der Waals surface area contributed by atoms with E-state index in [1.807, 2.05) is 24.3 Å². The summed E-state index contributed by atoms with van der Waals surface area (Å²) in [6, 6.07) is 10.3. The molecule has 0 saturated carbocycles. The molecule has 1 aliphatic carbocycles. The van der Waals surface area contributed by atoms with Crippen LogP contribution in [0.15, 0.2) is 48.0 Å². The van der Waals surface area contributed by atoms with Gasteiger partial charge in [0.15, 0.2) is 11.5 Å². The molecule has 0 radical (unpaired) electrons. The van der Waals surface area contributed by atoms with Gasteiger partial charge in [-0.1, -0.05) is 44.7 Å². The van der Waals surface area contributed by atoms with Crippen LogP contribution in [-0.4, -0.2) is 84.2 Å². The Bertz CT molecular complexity index is 1290. The number of benzene rings is 2. The average Bonchev–Trinajstić information content (AvgIpc) is 3.05. The third-order valence-electron chi connectivity index (χ3n) is 7.93. The third-order valence-corrected chi connectivity index (χ3v) is 8.73. The monoisotopic (exact) mass is 738 g/mol. The van der Waals surface area contributed by atoms with Crippen molar-refractivity contribution in [2.24, 2.45) is 0 Å². The van der Waals surface area contributed by atoms with E-state index in [1.165, 1.54) is 7.11 Å². The lowest BCUT2D eigenvalue weighted by Gasteiger charge is -2.41. The minimum absolute atomic E-state index is 0.0690. The van der Waals surface area contributed by atoms with Crippen LogP contribution in [0.5, 0.6) is 17.2 Å². The highest BCUT2D eigenvalue weighted by atomic mass is 127. The molecule has 3 rings (SSSR count). The van der Waals surface area contributed by atoms with Crippen LogP contribution in [0.2, 0.25) is 0 Å². The first-order valence-corrected chi connectivity index (χ1v) is 16.7. The van der Waals surface area contributed by atoms with Crippen molar-refractivity contribution in [3.63, 3.8) is 0 Å². The van der Waals surface area contributed by atoms with E-state index in [-0.39, 0.29) is 32.1 Å². The molecule has 1 aliphatic rings. The smallest absolute Gasteiger partial charge is 0.247 e. The minimum atomic E-state index is -1.16. The van der Waals surface area contributed by atoms with Crippen LogP contribution in [0, 0.1) is 3.57 Å². The Morgan fingerprint density at radius 3 is 2.51 bits per heavy atom. The molecular weight excluding hydrogens is 691 g/mol. The predicted molar refractivity (Wildman–Crippen MR) is 180 cm³/mol. The molecule has 248 valence electrons. The Morgan fingerprint density at radius 1 is 1.04 bits per heavy atom. The van der Waals surface area contributed by atoms with Crippen LogP contribution in [0.4, 0.5) is 0 Å². The molecule has 3 unspecified atom stereocenters. The first kappa shape index (κ1) is 36.6. The molecule has 4 N–H and O–H groups in total. The molecule has 0 aliphatic heterocycles. The topological polar surface area (TPSA) is 138 Å². The zero-order chi connectivity index (χ0) is 32.8. The maximum absolute atomic E-state index is 13.9. The number of nitrogens with zero attached hydrogens (tertiary/aromatic N) is 1. The standard InChI is InChI=1S/C34H47IN2O8/c1-4-5-6-7-8-12-31(40)37(15-13-23-10-9-11-26(17-23)43-2)28-20-25(34(42)36-14-16-38)21-29(32(28)41)45-33-27(35)18-24(22-39)19-30(33)44-3/h9-11,17-19,21,28-29,32,38-39,41H,4-8,12-16,20,22H2,1-3H3,(H,36,42). The zero-order valence-corrected chi connectivity index (χ0v) is 28.6. The number of rotatable bonds is 18. The van der Waals surface area contributed by atoms with E-state index in [0.717, 1.165) is 37.7 Å². The van der Waals surface area contributed by atoms with Gasteiger partial charge >= 0.3 is 0 Å². The van der Waals surface area contributed by atoms with Crippen LogP contribution in [-0.2, 0) is 22.6 Å². The second-order valence-electron chi connectivity index (χ2n) is 11.1. The maximum Gasteiger partial charge on any atom is 0.247 e. The summed E-state index contributed by atoms with van der Waals surface area (Å²) in [7, 11) is 3.10. The molecule has 11 heteroatoms. The van der Waals surface area contributed by atoms with Gasteiger partial charge in [-0.3, -0.25) is 9.59 Å². The Hall–Kier alpha value is -2.87. The molecule has 0 heterocycles. The van der Waals surface area contributed by atoms with E-state index >= 15 is 0 Å². The van der Waals surface area contributed by atoms with Crippen molar-refractivity contribution in [1.29, 1.82) is 0 Å². The number of nitrogens with one attached hydrogen (secondary N) is 1. The lowest BCUT2D eigenvalue weighted by atomic mass is 9.87. The number of amides is 2. The number of carbonyl (C=O) groups is 2. The van der Waals surface area contributed by atoms with Crippen LogP contribution in [0.25, 0.3) is 0 Å². The Balaban J connectivity index is 1.96. The first-order chi connectivity index (χ1) is 21.8. The van der Waals surface area contributed by atoms with Crippen LogP contribution in [0.3, 0.4) is 0 Å². The Morgan fingerprint density at radius 2 is 1.82 bits per heavy atom. The summed E-state index contributed by atoms with van der Waals surface area (Å²) in [6.07, 6.45) is 5.38. The quantitative estimate of drug-likeness (QED) is 0.132. The summed E-state index contributed by atoms with van der Waals surface area (Å²) in [5, 5.41) is 33.5. The van der Waals surface area contributed by atoms with Crippen molar-refractivity contribution in [3.05, 3.63) is 62.7 Å². The summed E-state index contributed by atoms with van der Waals surface area (Å²) in [4.78, 5) is 28.7. The van der Waals surface area contributed by atoms with Crippen LogP contribution in [0.1, 0.15) is 63.0 Å². The van der Waals surface area contributed by atoms with Crippen molar-refractivity contribution < 1.29 is 39.1 Å². The summed E-state index contributed by atoms with van der Waals surface area (Å²) in [6.45, 7) is 2.14. The molecule has 0 bridgehead atoms. The molecular formula is C34H47IN2O8. The Kier molecular flexibility index (Phi) is 15.4. The van der Waals surface area contributed by atoms with Crippen molar-refractivity contribution in [3.8, 4) is 17.2 Å². The van der Waals surface area contributed by atoms with Gasteiger partial charge in [0.25, 0.3) is 0 Å². The highest BCUT2D eigenvalue weighted by molar-refractivity contribution is 14.1. The predicted octanol–water partition coefficient (Wildman–Crippen LogP) is 4.15. The molecule has 2 amide bonds. The third kappa shape index (κ3) is 10.6. The van der Waals surface area contributed by atoms with E-state index in [9.17, 15) is 24.9 Å². The summed E-state index contributed by atoms with van der Waals surface area (Å²) < 4.78 is 17.9. The first-order valence-electron chi connectivity index (χ1n) is 15.6. The number of aliphatic hydroxyl groups is 3. The SMILES string of the molecule is CCCCCCCC(=O)N(CCc1cccc(OC)c1)C1CC(C(=O)NCCO)=CC(Oc2c(I)cc(CO)cc2OC)C1O. The fraction of sp³-hybridized carbons (Fsp3) is 0.529. The maximum atomic E-state index is 13.9. The number of ether oxygens (including phenoxy) is 3. The van der Waals surface area contributed by atoms with E-state index in [2.05, 4.69) is 34.8 Å². The number of hydrogen-bond donors (Lipinski definition) is 4. The van der Waals surface area contributed by atoms with Gasteiger partial charge in [-0.2, -0.15) is 0 Å². The molecule has 10 nitrogen and oxygen atoms in total. The molecule has 2 aromatic rings. The largest absolute Gasteiger partial charge is 0.497 e. The fourth-order valence-corrected chi connectivity index (χ4v) is 6.26. The molecule has 0 spiro atoms. The van der Waals surface area contributed by atoms with Crippen molar-refractivity contribution in [2.45, 2.75) is 83.1 Å². The Labute approximate surface area is 279 Å². The number of unbranched alkanes of at least 4 members (excludes halogenated alkanes) is 4. The van der Waals surface area contributed by atoms with E-state index in [0.29, 0.717) is 51.3 Å². The van der Waals surface area contributed by atoms with Crippen LogP contribution < -0.4 is 19.5 Å². The van der Waals surface area contributed by atoms with Gasteiger partial charge in [-0.15, -0.1) is 0 Å². The molecule has 2 aromatic carbocycles. The molecule has 0 fully saturated rings. The number of methoxy groups -OCH3 is 2. The zero-order valence-electron chi connectivity index (χ0n) is 26.5. The van der Waals surface area contributed by atoms with Gasteiger partial charge < -0.3 is 39.7 Å². The van der Waals surface area contributed by atoms with E-state index in [4.69, 9.17) is 14.2 Å². The van der Waals surface area contributed by atoms with Crippen LogP contribution >= 0.6 is 22.6 Å². The number of halogens is 1. The van der Waals surface area contributed by atoms with Gasteiger partial charge in [0.2, 0.25) is 11.8 Å². The lowest BCUT2D eigenvalue weighted by molar-refractivity contribution is -0.138. The average molecular weight is 739 g/mol. The normalized spacial score (nSPS) is 17.8. The van der Waals surface area contributed by atoms with Gasteiger partial charge in [0.05, 0.1) is 37.0 Å². The molecule has 0 aromatic heterocycles. The number of hydrogen-bond acceptors (Lipinski definition) is 8. The fourth-order valence-electron chi connectivity index (χ4n) is 5.47. The summed E-state index contributed by atoms with van der Waals surface area (Å²) >= 11 is 2.08. The van der Waals surface area contributed by atoms with Gasteiger partial charge in [-0.05, 0) is 76.9 Å². The highest BCUT2D eigenvalue weighted by Crippen LogP contribution is 2.37.